The van der Waals surface area contributed by atoms with Crippen LogP contribution in [0.4, 0.5) is 0 Å². The fraction of sp³-hybridized carbons (Fsp3) is 0.810. The fourth-order valence-electron chi connectivity index (χ4n) is 4.27. The van der Waals surface area contributed by atoms with Gasteiger partial charge in [0.15, 0.2) is 5.79 Å². The van der Waals surface area contributed by atoms with Gasteiger partial charge in [0.05, 0.1) is 42.1 Å². The van der Waals surface area contributed by atoms with Crippen molar-refractivity contribution in [2.24, 2.45) is 5.41 Å². The molecule has 2 saturated heterocycles. The van der Waals surface area contributed by atoms with Crippen molar-refractivity contribution >= 4 is 0 Å². The molecule has 0 saturated carbocycles. The Bertz CT molecular complexity index is 524. The van der Waals surface area contributed by atoms with Gasteiger partial charge in [-0.2, -0.15) is 0 Å². The van der Waals surface area contributed by atoms with E-state index in [0.717, 1.165) is 25.0 Å². The molecule has 2 fully saturated rings. The third-order valence-electron chi connectivity index (χ3n) is 5.41. The molecule has 0 atom stereocenters. The summed E-state index contributed by atoms with van der Waals surface area (Å²) < 4.78 is 18.6. The lowest BCUT2D eigenvalue weighted by molar-refractivity contribution is -0.377. The van der Waals surface area contributed by atoms with Crippen LogP contribution in [-0.4, -0.2) is 41.7 Å². The minimum absolute atomic E-state index is 0.121. The summed E-state index contributed by atoms with van der Waals surface area (Å²) in [6.07, 6.45) is 2.41. The third kappa shape index (κ3) is 4.44. The molecule has 0 aromatic heterocycles. The van der Waals surface area contributed by atoms with Crippen molar-refractivity contribution in [3.8, 4) is 0 Å². The molecule has 1 spiro atoms. The predicted molar refractivity (Wildman–Crippen MR) is 103 cm³/mol. The van der Waals surface area contributed by atoms with Crippen LogP contribution in [0.15, 0.2) is 24.7 Å². The average Bonchev–Trinajstić information content (AvgIpc) is 2.50. The van der Waals surface area contributed by atoms with E-state index in [1.54, 1.807) is 0 Å². The van der Waals surface area contributed by atoms with E-state index in [0.29, 0.717) is 25.6 Å². The standard InChI is InChI=1S/C21H37NO4/c1-10-20(13-23-16(2)3)14-24-21(25-15-20)11-18(6,7)22(26-17(4)5)19(8,9)12-21/h2,4,10-15H2,1,3,5-9H3. The smallest absolute Gasteiger partial charge is 0.172 e. The Balaban J connectivity index is 2.15. The number of piperidine rings is 1. The number of nitrogens with zero attached hydrogens (tertiary/aromatic N) is 1. The highest BCUT2D eigenvalue weighted by atomic mass is 16.7. The van der Waals surface area contributed by atoms with Gasteiger partial charge in [-0.25, -0.2) is 0 Å². The quantitative estimate of drug-likeness (QED) is 0.631. The summed E-state index contributed by atoms with van der Waals surface area (Å²) >= 11 is 0. The monoisotopic (exact) mass is 367 g/mol. The second-order valence-corrected chi connectivity index (χ2v) is 9.40. The van der Waals surface area contributed by atoms with Crippen LogP contribution >= 0.6 is 0 Å². The van der Waals surface area contributed by atoms with Crippen LogP contribution in [-0.2, 0) is 19.0 Å². The SMILES string of the molecule is C=C(C)OCC1(CC)COC2(CC(C)(C)N(OC(=C)C)C(C)(C)C2)OC1. The van der Waals surface area contributed by atoms with Crippen molar-refractivity contribution in [2.75, 3.05) is 19.8 Å². The van der Waals surface area contributed by atoms with Gasteiger partial charge < -0.3 is 19.0 Å². The molecular weight excluding hydrogens is 330 g/mol. The summed E-state index contributed by atoms with van der Waals surface area (Å²) in [5.41, 5.74) is -0.619. The molecule has 0 aromatic carbocycles. The molecule has 0 aliphatic carbocycles. The van der Waals surface area contributed by atoms with Gasteiger partial charge in [-0.1, -0.05) is 20.1 Å². The van der Waals surface area contributed by atoms with E-state index < -0.39 is 5.79 Å². The molecule has 0 radical (unpaired) electrons. The Morgan fingerprint density at radius 3 is 1.85 bits per heavy atom. The van der Waals surface area contributed by atoms with Crippen molar-refractivity contribution < 1.29 is 19.0 Å². The number of hydrogen-bond acceptors (Lipinski definition) is 5. The molecule has 0 unspecified atom stereocenters. The summed E-state index contributed by atoms with van der Waals surface area (Å²) in [7, 11) is 0. The Kier molecular flexibility index (Phi) is 5.87. The molecule has 2 heterocycles. The van der Waals surface area contributed by atoms with E-state index >= 15 is 0 Å². The molecule has 2 aliphatic rings. The van der Waals surface area contributed by atoms with E-state index in [1.165, 1.54) is 0 Å². The molecular formula is C21H37NO4. The van der Waals surface area contributed by atoms with E-state index in [-0.39, 0.29) is 16.5 Å². The zero-order valence-corrected chi connectivity index (χ0v) is 17.7. The number of ether oxygens (including phenoxy) is 3. The van der Waals surface area contributed by atoms with Gasteiger partial charge in [-0.3, -0.25) is 0 Å². The van der Waals surface area contributed by atoms with Crippen LogP contribution in [0.25, 0.3) is 0 Å². The first kappa shape index (κ1) is 21.3. The Morgan fingerprint density at radius 2 is 1.46 bits per heavy atom. The Hall–Kier alpha value is -1.04. The zero-order valence-electron chi connectivity index (χ0n) is 17.7. The Labute approximate surface area is 159 Å². The first-order chi connectivity index (χ1) is 11.9. The lowest BCUT2D eigenvalue weighted by Gasteiger charge is -2.59. The highest BCUT2D eigenvalue weighted by Gasteiger charge is 2.58. The number of hydroxylamine groups is 2. The van der Waals surface area contributed by atoms with Crippen molar-refractivity contribution in [2.45, 2.75) is 84.6 Å². The van der Waals surface area contributed by atoms with Crippen LogP contribution in [0.2, 0.25) is 0 Å². The van der Waals surface area contributed by atoms with E-state index in [1.807, 2.05) is 18.9 Å². The molecule has 0 amide bonds. The molecule has 2 rings (SSSR count). The zero-order chi connectivity index (χ0) is 19.8. The van der Waals surface area contributed by atoms with Crippen LogP contribution in [0.3, 0.4) is 0 Å². The second kappa shape index (κ2) is 7.17. The van der Waals surface area contributed by atoms with Crippen molar-refractivity contribution in [3.05, 3.63) is 24.7 Å². The molecule has 5 heteroatoms. The maximum absolute atomic E-state index is 6.43. The summed E-state index contributed by atoms with van der Waals surface area (Å²) in [5.74, 6) is 0.823. The van der Waals surface area contributed by atoms with Gasteiger partial charge in [0.1, 0.15) is 5.76 Å². The van der Waals surface area contributed by atoms with Crippen LogP contribution in [0.5, 0.6) is 0 Å². The van der Waals surface area contributed by atoms with Gasteiger partial charge in [0, 0.05) is 12.8 Å². The van der Waals surface area contributed by atoms with E-state index in [2.05, 4.69) is 47.8 Å². The van der Waals surface area contributed by atoms with Crippen molar-refractivity contribution in [3.63, 3.8) is 0 Å². The van der Waals surface area contributed by atoms with E-state index in [4.69, 9.17) is 19.0 Å². The van der Waals surface area contributed by atoms with Crippen LogP contribution in [0, 0.1) is 5.41 Å². The molecule has 2 aliphatic heterocycles. The molecule has 0 bridgehead atoms. The largest absolute Gasteiger partial charge is 0.498 e. The molecule has 26 heavy (non-hydrogen) atoms. The van der Waals surface area contributed by atoms with Gasteiger partial charge >= 0.3 is 0 Å². The predicted octanol–water partition coefficient (Wildman–Crippen LogP) is 4.79. The topological polar surface area (TPSA) is 40.2 Å². The van der Waals surface area contributed by atoms with Gasteiger partial charge in [-0.05, 0) is 48.0 Å². The summed E-state index contributed by atoms with van der Waals surface area (Å²) in [5, 5.41) is 2.05. The average molecular weight is 368 g/mol. The number of rotatable bonds is 6. The van der Waals surface area contributed by atoms with E-state index in [9.17, 15) is 0 Å². The van der Waals surface area contributed by atoms with Gasteiger partial charge in [0.25, 0.3) is 0 Å². The summed E-state index contributed by atoms with van der Waals surface area (Å²) in [6, 6.07) is 0. The Morgan fingerprint density at radius 1 is 0.962 bits per heavy atom. The lowest BCUT2D eigenvalue weighted by atomic mass is 9.76. The normalized spacial score (nSPS) is 26.3. The highest BCUT2D eigenvalue weighted by molar-refractivity contribution is 5.03. The first-order valence-electron chi connectivity index (χ1n) is 9.55. The van der Waals surface area contributed by atoms with Crippen LogP contribution in [0.1, 0.15) is 67.7 Å². The first-order valence-corrected chi connectivity index (χ1v) is 9.55. The highest BCUT2D eigenvalue weighted by Crippen LogP contribution is 2.49. The second-order valence-electron chi connectivity index (χ2n) is 9.40. The van der Waals surface area contributed by atoms with Crippen molar-refractivity contribution in [1.82, 2.24) is 5.06 Å². The minimum atomic E-state index is -0.593. The number of hydrogen-bond donors (Lipinski definition) is 0. The summed E-state index contributed by atoms with van der Waals surface area (Å²) in [6.45, 7) is 24.1. The molecule has 150 valence electrons. The third-order valence-corrected chi connectivity index (χ3v) is 5.41. The molecule has 5 nitrogen and oxygen atoms in total. The van der Waals surface area contributed by atoms with Gasteiger partial charge in [0.2, 0.25) is 0 Å². The molecule has 0 N–H and O–H groups in total. The fourth-order valence-corrected chi connectivity index (χ4v) is 4.27. The number of allylic oxidation sites excluding steroid dienone is 2. The summed E-state index contributed by atoms with van der Waals surface area (Å²) in [4.78, 5) is 5.98. The van der Waals surface area contributed by atoms with Gasteiger partial charge in [-0.15, -0.1) is 5.06 Å². The minimum Gasteiger partial charge on any atom is -0.498 e. The van der Waals surface area contributed by atoms with Crippen LogP contribution < -0.4 is 0 Å². The lowest BCUT2D eigenvalue weighted by Crippen LogP contribution is -2.68. The maximum atomic E-state index is 6.43. The molecule has 0 aromatic rings. The maximum Gasteiger partial charge on any atom is 0.172 e. The van der Waals surface area contributed by atoms with Crippen molar-refractivity contribution in [1.29, 1.82) is 0 Å².